The summed E-state index contributed by atoms with van der Waals surface area (Å²) in [6.07, 6.45) is 2.30. The summed E-state index contributed by atoms with van der Waals surface area (Å²) in [5, 5.41) is 6.44. The van der Waals surface area contributed by atoms with Crippen molar-refractivity contribution in [1.82, 2.24) is 20.6 Å². The predicted octanol–water partition coefficient (Wildman–Crippen LogP) is 2.42. The average Bonchev–Trinajstić information content (AvgIpc) is 2.57. The van der Waals surface area contributed by atoms with E-state index >= 15 is 0 Å². The van der Waals surface area contributed by atoms with Crippen LogP contribution in [0.5, 0.6) is 0 Å². The van der Waals surface area contributed by atoms with E-state index in [9.17, 15) is 13.2 Å². The molecule has 1 aromatic carbocycles. The Balaban J connectivity index is 0.000000246. The monoisotopic (exact) mass is 310 g/mol. The van der Waals surface area contributed by atoms with Gasteiger partial charge < -0.3 is 10.6 Å². The van der Waals surface area contributed by atoms with Crippen molar-refractivity contribution in [1.29, 1.82) is 0 Å². The number of piperazine rings is 1. The molecule has 2 aromatic rings. The SMILES string of the molecule is FC(F)(F)c1ccc(C2CNCCN2)cc1.c1cnccn1. The van der Waals surface area contributed by atoms with E-state index in [0.29, 0.717) is 0 Å². The van der Waals surface area contributed by atoms with Crippen LogP contribution < -0.4 is 10.6 Å². The Hall–Kier alpha value is -1.99. The second-order valence-electron chi connectivity index (χ2n) is 4.73. The summed E-state index contributed by atoms with van der Waals surface area (Å²) in [4.78, 5) is 7.44. The summed E-state index contributed by atoms with van der Waals surface area (Å²) in [6, 6.07) is 5.44. The number of hydrogen-bond donors (Lipinski definition) is 2. The Morgan fingerprint density at radius 3 is 1.91 bits per heavy atom. The Kier molecular flexibility index (Phi) is 5.85. The van der Waals surface area contributed by atoms with Crippen LogP contribution in [0.25, 0.3) is 0 Å². The zero-order chi connectivity index (χ0) is 15.8. The maximum Gasteiger partial charge on any atom is 0.416 e. The zero-order valence-electron chi connectivity index (χ0n) is 11.8. The molecule has 0 bridgehead atoms. The van der Waals surface area contributed by atoms with Crippen LogP contribution in [-0.2, 0) is 6.18 Å². The van der Waals surface area contributed by atoms with E-state index < -0.39 is 11.7 Å². The standard InChI is InChI=1S/C11H13F3N2.C4H4N2/c12-11(13,14)9-3-1-8(2-4-9)10-7-15-5-6-16-10;1-2-6-4-3-5-1/h1-4,10,15-16H,5-7H2;1-4H. The minimum Gasteiger partial charge on any atom is -0.314 e. The Bertz CT molecular complexity index is 510. The van der Waals surface area contributed by atoms with Crippen molar-refractivity contribution >= 4 is 0 Å². The summed E-state index contributed by atoms with van der Waals surface area (Å²) < 4.78 is 37.0. The van der Waals surface area contributed by atoms with Gasteiger partial charge in [-0.15, -0.1) is 0 Å². The summed E-state index contributed by atoms with van der Waals surface area (Å²) in [5.74, 6) is 0. The Labute approximate surface area is 126 Å². The van der Waals surface area contributed by atoms with Gasteiger partial charge in [0.1, 0.15) is 0 Å². The lowest BCUT2D eigenvalue weighted by atomic mass is 10.0. The molecule has 1 aliphatic heterocycles. The number of rotatable bonds is 1. The van der Waals surface area contributed by atoms with Crippen LogP contribution in [-0.4, -0.2) is 29.6 Å². The first-order chi connectivity index (χ1) is 10.6. The second-order valence-corrected chi connectivity index (χ2v) is 4.73. The zero-order valence-corrected chi connectivity index (χ0v) is 11.8. The van der Waals surface area contributed by atoms with Crippen LogP contribution in [0.15, 0.2) is 49.1 Å². The maximum absolute atomic E-state index is 12.3. The Morgan fingerprint density at radius 1 is 0.909 bits per heavy atom. The van der Waals surface area contributed by atoms with E-state index in [-0.39, 0.29) is 6.04 Å². The fraction of sp³-hybridized carbons (Fsp3) is 0.333. The first-order valence-corrected chi connectivity index (χ1v) is 6.88. The molecular formula is C15H17F3N4. The summed E-state index contributed by atoms with van der Waals surface area (Å²) >= 11 is 0. The molecule has 1 saturated heterocycles. The van der Waals surface area contributed by atoms with Crippen molar-refractivity contribution in [2.75, 3.05) is 19.6 Å². The Morgan fingerprint density at radius 2 is 1.50 bits per heavy atom. The lowest BCUT2D eigenvalue weighted by Crippen LogP contribution is -2.42. The number of nitrogens with one attached hydrogen (secondary N) is 2. The molecule has 7 heteroatoms. The van der Waals surface area contributed by atoms with E-state index in [1.807, 2.05) is 0 Å². The molecule has 0 spiro atoms. The van der Waals surface area contributed by atoms with E-state index in [0.717, 1.165) is 37.3 Å². The van der Waals surface area contributed by atoms with E-state index in [4.69, 9.17) is 0 Å². The van der Waals surface area contributed by atoms with Gasteiger partial charge in [0, 0.05) is 50.5 Å². The quantitative estimate of drug-likeness (QED) is 0.849. The van der Waals surface area contributed by atoms with Crippen molar-refractivity contribution in [3.8, 4) is 0 Å². The highest BCUT2D eigenvalue weighted by Gasteiger charge is 2.30. The third kappa shape index (κ3) is 5.09. The van der Waals surface area contributed by atoms with Gasteiger partial charge in [0.25, 0.3) is 0 Å². The third-order valence-electron chi connectivity index (χ3n) is 3.16. The molecule has 0 amide bonds. The van der Waals surface area contributed by atoms with Gasteiger partial charge in [0.15, 0.2) is 0 Å². The highest BCUT2D eigenvalue weighted by molar-refractivity contribution is 5.27. The molecule has 0 aliphatic carbocycles. The maximum atomic E-state index is 12.3. The van der Waals surface area contributed by atoms with Crippen molar-refractivity contribution in [3.63, 3.8) is 0 Å². The molecular weight excluding hydrogens is 293 g/mol. The van der Waals surface area contributed by atoms with Gasteiger partial charge in [0.2, 0.25) is 0 Å². The van der Waals surface area contributed by atoms with Crippen LogP contribution in [0, 0.1) is 0 Å². The van der Waals surface area contributed by atoms with Gasteiger partial charge in [-0.1, -0.05) is 12.1 Å². The van der Waals surface area contributed by atoms with Crippen molar-refractivity contribution in [3.05, 3.63) is 60.2 Å². The molecule has 118 valence electrons. The van der Waals surface area contributed by atoms with Gasteiger partial charge in [-0.05, 0) is 17.7 Å². The predicted molar refractivity (Wildman–Crippen MR) is 77.1 cm³/mol. The molecule has 4 nitrogen and oxygen atoms in total. The molecule has 1 fully saturated rings. The number of alkyl halides is 3. The second kappa shape index (κ2) is 7.86. The molecule has 0 saturated carbocycles. The normalized spacial score (nSPS) is 18.2. The molecule has 22 heavy (non-hydrogen) atoms. The van der Waals surface area contributed by atoms with Crippen LogP contribution in [0.1, 0.15) is 17.2 Å². The molecule has 1 unspecified atom stereocenters. The van der Waals surface area contributed by atoms with E-state index in [2.05, 4.69) is 20.6 Å². The smallest absolute Gasteiger partial charge is 0.314 e. The lowest BCUT2D eigenvalue weighted by molar-refractivity contribution is -0.137. The minimum atomic E-state index is -4.25. The molecule has 2 N–H and O–H groups in total. The lowest BCUT2D eigenvalue weighted by Gasteiger charge is -2.25. The molecule has 1 aromatic heterocycles. The first-order valence-electron chi connectivity index (χ1n) is 6.88. The van der Waals surface area contributed by atoms with Crippen LogP contribution in [0.3, 0.4) is 0 Å². The minimum absolute atomic E-state index is 0.107. The average molecular weight is 310 g/mol. The van der Waals surface area contributed by atoms with Crippen molar-refractivity contribution in [2.45, 2.75) is 12.2 Å². The van der Waals surface area contributed by atoms with E-state index in [1.54, 1.807) is 24.8 Å². The number of halogens is 3. The highest BCUT2D eigenvalue weighted by Crippen LogP contribution is 2.29. The van der Waals surface area contributed by atoms with Crippen LogP contribution >= 0.6 is 0 Å². The molecule has 3 rings (SSSR count). The van der Waals surface area contributed by atoms with Crippen molar-refractivity contribution < 1.29 is 13.2 Å². The fourth-order valence-electron chi connectivity index (χ4n) is 2.05. The first kappa shape index (κ1) is 16.4. The molecule has 1 atom stereocenters. The van der Waals surface area contributed by atoms with Crippen LogP contribution in [0.4, 0.5) is 13.2 Å². The van der Waals surface area contributed by atoms with Crippen LogP contribution in [0.2, 0.25) is 0 Å². The number of aromatic nitrogens is 2. The molecule has 0 radical (unpaired) electrons. The fourth-order valence-corrected chi connectivity index (χ4v) is 2.05. The van der Waals surface area contributed by atoms with E-state index in [1.165, 1.54) is 12.1 Å². The number of hydrogen-bond acceptors (Lipinski definition) is 4. The number of benzene rings is 1. The van der Waals surface area contributed by atoms with Gasteiger partial charge in [-0.25, -0.2) is 0 Å². The summed E-state index contributed by atoms with van der Waals surface area (Å²) in [7, 11) is 0. The third-order valence-corrected chi connectivity index (χ3v) is 3.16. The topological polar surface area (TPSA) is 49.8 Å². The highest BCUT2D eigenvalue weighted by atomic mass is 19.4. The summed E-state index contributed by atoms with van der Waals surface area (Å²) in [6.45, 7) is 2.49. The molecule has 1 aliphatic rings. The van der Waals surface area contributed by atoms with Gasteiger partial charge in [0.05, 0.1) is 5.56 Å². The van der Waals surface area contributed by atoms with Gasteiger partial charge >= 0.3 is 6.18 Å². The van der Waals surface area contributed by atoms with Crippen molar-refractivity contribution in [2.24, 2.45) is 0 Å². The number of nitrogens with zero attached hydrogens (tertiary/aromatic N) is 2. The largest absolute Gasteiger partial charge is 0.416 e. The summed E-state index contributed by atoms with van der Waals surface area (Å²) in [5.41, 5.74) is 0.292. The molecule has 2 heterocycles. The van der Waals surface area contributed by atoms with Gasteiger partial charge in [-0.2, -0.15) is 13.2 Å². The van der Waals surface area contributed by atoms with Gasteiger partial charge in [-0.3, -0.25) is 9.97 Å².